The molecule has 0 saturated heterocycles. The van der Waals surface area contributed by atoms with Crippen molar-refractivity contribution in [3.05, 3.63) is 64.7 Å². The molecule has 3 aromatic rings. The minimum absolute atomic E-state index is 0.133. The third-order valence-corrected chi connectivity index (χ3v) is 4.77. The summed E-state index contributed by atoms with van der Waals surface area (Å²) >= 11 is 0. The number of aromatic hydroxyl groups is 3. The van der Waals surface area contributed by atoms with Crippen LogP contribution in [0.5, 0.6) is 17.2 Å². The molecule has 0 radical (unpaired) electrons. The van der Waals surface area contributed by atoms with E-state index in [4.69, 9.17) is 4.55 Å². The molecule has 0 heterocycles. The topological polar surface area (TPSA) is 208 Å². The van der Waals surface area contributed by atoms with Crippen molar-refractivity contribution in [3.63, 3.8) is 0 Å². The fourth-order valence-electron chi connectivity index (χ4n) is 2.32. The van der Waals surface area contributed by atoms with Crippen molar-refractivity contribution in [2.75, 3.05) is 0 Å². The Kier molecular flexibility index (Phi) is 6.08. The van der Waals surface area contributed by atoms with Gasteiger partial charge in [0.25, 0.3) is 15.8 Å². The van der Waals surface area contributed by atoms with Crippen LogP contribution in [0.1, 0.15) is 0 Å². The highest BCUT2D eigenvalue weighted by atomic mass is 32.2. The molecule has 0 bridgehead atoms. The lowest BCUT2D eigenvalue weighted by Gasteiger charge is -2.04. The maximum atomic E-state index is 11.2. The third-order valence-electron chi connectivity index (χ3n) is 3.92. The summed E-state index contributed by atoms with van der Waals surface area (Å²) in [7, 11) is -4.55. The normalized spacial score (nSPS) is 11.9. The predicted octanol–water partition coefficient (Wildman–Crippen LogP) is 4.79. The summed E-state index contributed by atoms with van der Waals surface area (Å²) in [6.07, 6.45) is 0. The molecule has 3 rings (SSSR count). The fourth-order valence-corrected chi connectivity index (χ4v) is 2.82. The third kappa shape index (κ3) is 5.18. The van der Waals surface area contributed by atoms with E-state index in [1.54, 1.807) is 0 Å². The van der Waals surface area contributed by atoms with Gasteiger partial charge in [-0.3, -0.25) is 14.7 Å². The number of benzene rings is 3. The Bertz CT molecular complexity index is 1350. The molecule has 13 nitrogen and oxygen atoms in total. The number of non-ortho nitro benzene ring substituents is 1. The number of hydrogen-bond acceptors (Lipinski definition) is 11. The highest BCUT2D eigenvalue weighted by Crippen LogP contribution is 2.40. The monoisotopic (exact) mass is 459 g/mol. The lowest BCUT2D eigenvalue weighted by Crippen LogP contribution is -1.96. The van der Waals surface area contributed by atoms with Gasteiger partial charge in [0.05, 0.1) is 15.5 Å². The quantitative estimate of drug-likeness (QED) is 0.174. The zero-order valence-electron chi connectivity index (χ0n) is 15.8. The first-order valence-electron chi connectivity index (χ1n) is 8.49. The average Bonchev–Trinajstić information content (AvgIpc) is 2.73. The molecule has 0 aromatic heterocycles. The SMILES string of the molecule is O=[N+]([O-])c1ccc(N=Nc2cc(N=Nc3cc(S(=O)(=O)O)ccc3O)c(O)cc2O)cc1. The molecule has 0 fully saturated rings. The van der Waals surface area contributed by atoms with Crippen molar-refractivity contribution in [1.29, 1.82) is 0 Å². The summed E-state index contributed by atoms with van der Waals surface area (Å²) in [6, 6.07) is 9.93. The van der Waals surface area contributed by atoms with Crippen LogP contribution in [0.25, 0.3) is 0 Å². The van der Waals surface area contributed by atoms with Crippen LogP contribution < -0.4 is 0 Å². The van der Waals surface area contributed by atoms with E-state index in [2.05, 4.69) is 20.5 Å². The lowest BCUT2D eigenvalue weighted by molar-refractivity contribution is -0.384. The molecule has 3 aromatic carbocycles. The minimum atomic E-state index is -4.55. The summed E-state index contributed by atoms with van der Waals surface area (Å²) in [5.74, 6) is -1.41. The van der Waals surface area contributed by atoms with Crippen LogP contribution in [0, 0.1) is 10.1 Å². The van der Waals surface area contributed by atoms with Gasteiger partial charge in [-0.05, 0) is 30.3 Å². The van der Waals surface area contributed by atoms with Gasteiger partial charge in [0.15, 0.2) is 0 Å². The molecule has 164 valence electrons. The van der Waals surface area contributed by atoms with Crippen LogP contribution >= 0.6 is 0 Å². The molecule has 0 saturated carbocycles. The summed E-state index contributed by atoms with van der Waals surface area (Å²) in [5, 5.41) is 55.4. The number of nitro groups is 1. The van der Waals surface area contributed by atoms with Gasteiger partial charge < -0.3 is 15.3 Å². The van der Waals surface area contributed by atoms with Gasteiger partial charge in [0.1, 0.15) is 34.3 Å². The maximum Gasteiger partial charge on any atom is 0.294 e. The van der Waals surface area contributed by atoms with Crippen molar-refractivity contribution in [2.24, 2.45) is 20.5 Å². The van der Waals surface area contributed by atoms with Crippen LogP contribution in [-0.4, -0.2) is 33.2 Å². The van der Waals surface area contributed by atoms with E-state index in [1.807, 2.05) is 0 Å². The second-order valence-corrected chi connectivity index (χ2v) is 7.55. The molecule has 0 spiro atoms. The van der Waals surface area contributed by atoms with Crippen molar-refractivity contribution in [2.45, 2.75) is 4.90 Å². The van der Waals surface area contributed by atoms with Gasteiger partial charge in [-0.2, -0.15) is 13.5 Å². The summed E-state index contributed by atoms with van der Waals surface area (Å²) in [5.41, 5.74) is -0.552. The minimum Gasteiger partial charge on any atom is -0.506 e. The number of rotatable bonds is 6. The smallest absolute Gasteiger partial charge is 0.294 e. The first-order valence-corrected chi connectivity index (χ1v) is 9.93. The van der Waals surface area contributed by atoms with E-state index in [9.17, 15) is 33.9 Å². The van der Waals surface area contributed by atoms with E-state index in [0.29, 0.717) is 0 Å². The molecule has 0 aliphatic carbocycles. The van der Waals surface area contributed by atoms with Gasteiger partial charge in [0.2, 0.25) is 0 Å². The van der Waals surface area contributed by atoms with Gasteiger partial charge in [-0.1, -0.05) is 0 Å². The van der Waals surface area contributed by atoms with E-state index < -0.39 is 37.2 Å². The molecule has 0 aliphatic rings. The van der Waals surface area contributed by atoms with Crippen molar-refractivity contribution < 1.29 is 33.2 Å². The van der Waals surface area contributed by atoms with E-state index in [0.717, 1.165) is 30.3 Å². The Morgan fingerprint density at radius 1 is 0.719 bits per heavy atom. The van der Waals surface area contributed by atoms with Crippen LogP contribution in [-0.2, 0) is 10.1 Å². The van der Waals surface area contributed by atoms with Crippen molar-refractivity contribution in [1.82, 2.24) is 0 Å². The molecule has 0 unspecified atom stereocenters. The highest BCUT2D eigenvalue weighted by Gasteiger charge is 2.13. The highest BCUT2D eigenvalue weighted by molar-refractivity contribution is 7.85. The largest absolute Gasteiger partial charge is 0.506 e. The molecule has 0 amide bonds. The second-order valence-electron chi connectivity index (χ2n) is 6.13. The molecule has 0 aliphatic heterocycles. The maximum absolute atomic E-state index is 11.2. The number of nitro benzene ring substituents is 1. The predicted molar refractivity (Wildman–Crippen MR) is 109 cm³/mol. The van der Waals surface area contributed by atoms with Crippen molar-refractivity contribution >= 4 is 38.6 Å². The van der Waals surface area contributed by atoms with Crippen LogP contribution in [0.4, 0.5) is 28.4 Å². The zero-order chi connectivity index (χ0) is 23.5. The van der Waals surface area contributed by atoms with Crippen LogP contribution in [0.3, 0.4) is 0 Å². The summed E-state index contributed by atoms with van der Waals surface area (Å²) in [4.78, 5) is 9.57. The number of azo groups is 2. The average molecular weight is 459 g/mol. The molecule has 32 heavy (non-hydrogen) atoms. The first-order chi connectivity index (χ1) is 15.0. The van der Waals surface area contributed by atoms with Crippen molar-refractivity contribution in [3.8, 4) is 17.2 Å². The van der Waals surface area contributed by atoms with Gasteiger partial charge in [-0.15, -0.1) is 15.3 Å². The summed E-state index contributed by atoms with van der Waals surface area (Å²) < 4.78 is 31.5. The van der Waals surface area contributed by atoms with Gasteiger partial charge in [-0.25, -0.2) is 0 Å². The Labute approximate surface area is 179 Å². The van der Waals surface area contributed by atoms with Crippen LogP contribution in [0.2, 0.25) is 0 Å². The Hall–Kier alpha value is -4.43. The zero-order valence-corrected chi connectivity index (χ0v) is 16.6. The first kappa shape index (κ1) is 22.3. The number of nitrogens with zero attached hydrogens (tertiary/aromatic N) is 5. The van der Waals surface area contributed by atoms with E-state index in [-0.39, 0.29) is 28.4 Å². The molecular formula is C18H13N5O8S. The molecule has 4 N–H and O–H groups in total. The number of phenolic OH excluding ortho intramolecular Hbond substituents is 3. The standard InChI is InChI=1S/C18H13N5O8S/c24-16-6-5-12(32(29,30)31)7-13(16)21-22-15-8-14(17(25)9-18(15)26)20-19-10-1-3-11(4-2-10)23(27)28/h1-9,24-26H,(H,29,30,31). The Morgan fingerprint density at radius 3 is 1.78 bits per heavy atom. The van der Waals surface area contributed by atoms with Crippen LogP contribution in [0.15, 0.2) is 79.9 Å². The fraction of sp³-hybridized carbons (Fsp3) is 0. The Balaban J connectivity index is 1.91. The second kappa shape index (κ2) is 8.75. The molecule has 14 heteroatoms. The number of phenols is 3. The number of hydrogen-bond donors (Lipinski definition) is 4. The van der Waals surface area contributed by atoms with E-state index >= 15 is 0 Å². The van der Waals surface area contributed by atoms with Gasteiger partial charge in [0, 0.05) is 24.3 Å². The summed E-state index contributed by atoms with van der Waals surface area (Å²) in [6.45, 7) is 0. The van der Waals surface area contributed by atoms with E-state index in [1.165, 1.54) is 24.3 Å². The molecular weight excluding hydrogens is 446 g/mol. The lowest BCUT2D eigenvalue weighted by atomic mass is 10.2. The molecule has 0 atom stereocenters. The Morgan fingerprint density at radius 2 is 1.25 bits per heavy atom. The van der Waals surface area contributed by atoms with Gasteiger partial charge >= 0.3 is 0 Å².